The molecule has 2 saturated heterocycles. The minimum Gasteiger partial charge on any atom is -0.372 e. The minimum absolute atomic E-state index is 0.251. The second-order valence-electron chi connectivity index (χ2n) is 6.48. The summed E-state index contributed by atoms with van der Waals surface area (Å²) >= 11 is 0. The number of nitrogens with one attached hydrogen (secondary N) is 1. The van der Waals surface area contributed by atoms with Crippen molar-refractivity contribution in [2.75, 3.05) is 13.1 Å². The summed E-state index contributed by atoms with van der Waals surface area (Å²) in [5.74, 6) is 0. The minimum atomic E-state index is 0.251. The average Bonchev–Trinajstić information content (AvgIpc) is 2.47. The number of ether oxygens (including phenoxy) is 1. The van der Waals surface area contributed by atoms with E-state index < -0.39 is 0 Å². The first-order valence-electron chi connectivity index (χ1n) is 6.38. The zero-order chi connectivity index (χ0) is 10.9. The molecule has 0 radical (unpaired) electrons. The van der Waals surface area contributed by atoms with Crippen molar-refractivity contribution in [3.63, 3.8) is 0 Å². The van der Waals surface area contributed by atoms with E-state index >= 15 is 0 Å². The molecule has 2 aliphatic rings. The molecule has 1 N–H and O–H groups in total. The maximum absolute atomic E-state index is 6.33. The molecular weight excluding hydrogens is 186 g/mol. The quantitative estimate of drug-likeness (QED) is 0.720. The molecule has 2 nitrogen and oxygen atoms in total. The molecule has 2 fully saturated rings. The zero-order valence-corrected chi connectivity index (χ0v) is 10.4. The van der Waals surface area contributed by atoms with Gasteiger partial charge in [-0.1, -0.05) is 20.8 Å². The van der Waals surface area contributed by atoms with Crippen molar-refractivity contribution in [1.29, 1.82) is 0 Å². The van der Waals surface area contributed by atoms with Crippen LogP contribution < -0.4 is 5.32 Å². The van der Waals surface area contributed by atoms with Crippen LogP contribution >= 0.6 is 0 Å². The van der Waals surface area contributed by atoms with Crippen LogP contribution in [0.2, 0.25) is 0 Å². The van der Waals surface area contributed by atoms with Crippen LogP contribution in [0.1, 0.15) is 52.9 Å². The van der Waals surface area contributed by atoms with Crippen LogP contribution in [0, 0.1) is 5.41 Å². The van der Waals surface area contributed by atoms with E-state index in [1.165, 1.54) is 32.1 Å². The van der Waals surface area contributed by atoms with E-state index in [0.717, 1.165) is 13.1 Å². The summed E-state index contributed by atoms with van der Waals surface area (Å²) in [4.78, 5) is 0. The third-order valence-electron chi connectivity index (χ3n) is 3.69. The van der Waals surface area contributed by atoms with Crippen LogP contribution in [0.4, 0.5) is 0 Å². The highest BCUT2D eigenvalue weighted by molar-refractivity contribution is 4.93. The molecule has 0 saturated carbocycles. The molecule has 15 heavy (non-hydrogen) atoms. The van der Waals surface area contributed by atoms with Crippen molar-refractivity contribution < 1.29 is 4.74 Å². The van der Waals surface area contributed by atoms with Crippen LogP contribution in [0.25, 0.3) is 0 Å². The molecule has 0 bridgehead atoms. The van der Waals surface area contributed by atoms with E-state index in [4.69, 9.17) is 4.74 Å². The Morgan fingerprint density at radius 3 is 2.47 bits per heavy atom. The average molecular weight is 211 g/mol. The second-order valence-corrected chi connectivity index (χ2v) is 6.48. The molecule has 2 heterocycles. The highest BCUT2D eigenvalue weighted by atomic mass is 16.5. The maximum Gasteiger partial charge on any atom is 0.0711 e. The van der Waals surface area contributed by atoms with Crippen molar-refractivity contribution in [3.8, 4) is 0 Å². The lowest BCUT2D eigenvalue weighted by Gasteiger charge is -2.34. The van der Waals surface area contributed by atoms with Crippen LogP contribution in [0.5, 0.6) is 0 Å². The van der Waals surface area contributed by atoms with E-state index in [1.54, 1.807) is 0 Å². The standard InChI is InChI=1S/C13H25NO/c1-12(2,3)10-11-4-5-13(15-11)6-8-14-9-7-13/h11,14H,4-10H2,1-3H3. The second kappa shape index (κ2) is 4.06. The number of hydrogen-bond acceptors (Lipinski definition) is 2. The molecule has 0 aromatic rings. The predicted octanol–water partition coefficient (Wildman–Crippen LogP) is 2.72. The summed E-state index contributed by atoms with van der Waals surface area (Å²) in [5, 5.41) is 3.42. The van der Waals surface area contributed by atoms with Crippen molar-refractivity contribution in [2.45, 2.75) is 64.6 Å². The Kier molecular flexibility index (Phi) is 3.09. The van der Waals surface area contributed by atoms with Gasteiger partial charge in [0.2, 0.25) is 0 Å². The molecule has 0 aromatic carbocycles. The molecule has 1 atom stereocenters. The Morgan fingerprint density at radius 2 is 1.87 bits per heavy atom. The fraction of sp³-hybridized carbons (Fsp3) is 1.00. The summed E-state index contributed by atoms with van der Waals surface area (Å²) in [7, 11) is 0. The van der Waals surface area contributed by atoms with Gasteiger partial charge in [0.15, 0.2) is 0 Å². The number of rotatable bonds is 1. The van der Waals surface area contributed by atoms with Gasteiger partial charge in [-0.25, -0.2) is 0 Å². The Balaban J connectivity index is 1.88. The summed E-state index contributed by atoms with van der Waals surface area (Å²) in [6.07, 6.45) is 6.72. The lowest BCUT2D eigenvalue weighted by molar-refractivity contribution is -0.0696. The summed E-state index contributed by atoms with van der Waals surface area (Å²) in [6.45, 7) is 9.21. The topological polar surface area (TPSA) is 21.3 Å². The highest BCUT2D eigenvalue weighted by Gasteiger charge is 2.41. The Morgan fingerprint density at radius 1 is 1.20 bits per heavy atom. The van der Waals surface area contributed by atoms with Crippen LogP contribution in [-0.2, 0) is 4.74 Å². The normalized spacial score (nSPS) is 31.0. The van der Waals surface area contributed by atoms with Gasteiger partial charge in [0, 0.05) is 0 Å². The van der Waals surface area contributed by atoms with Crippen LogP contribution in [0.3, 0.4) is 0 Å². The van der Waals surface area contributed by atoms with Gasteiger partial charge >= 0.3 is 0 Å². The zero-order valence-electron chi connectivity index (χ0n) is 10.4. The van der Waals surface area contributed by atoms with Gasteiger partial charge in [0.25, 0.3) is 0 Å². The molecule has 1 spiro atoms. The molecule has 0 amide bonds. The van der Waals surface area contributed by atoms with E-state index in [1.807, 2.05) is 0 Å². The molecule has 2 rings (SSSR count). The van der Waals surface area contributed by atoms with E-state index in [9.17, 15) is 0 Å². The lowest BCUT2D eigenvalue weighted by atomic mass is 9.87. The monoisotopic (exact) mass is 211 g/mol. The van der Waals surface area contributed by atoms with Crippen LogP contribution in [0.15, 0.2) is 0 Å². The van der Waals surface area contributed by atoms with Gasteiger partial charge in [-0.05, 0) is 50.6 Å². The lowest BCUT2D eigenvalue weighted by Crippen LogP contribution is -2.42. The predicted molar refractivity (Wildman–Crippen MR) is 63.0 cm³/mol. The molecule has 2 aliphatic heterocycles. The van der Waals surface area contributed by atoms with E-state index in [-0.39, 0.29) is 5.60 Å². The van der Waals surface area contributed by atoms with Crippen molar-refractivity contribution in [2.24, 2.45) is 5.41 Å². The molecule has 88 valence electrons. The SMILES string of the molecule is CC(C)(C)CC1CCC2(CCNCC2)O1. The Hall–Kier alpha value is -0.0800. The molecule has 0 aliphatic carbocycles. The summed E-state index contributed by atoms with van der Waals surface area (Å²) < 4.78 is 6.33. The maximum atomic E-state index is 6.33. The molecule has 0 aromatic heterocycles. The molecule has 1 unspecified atom stereocenters. The van der Waals surface area contributed by atoms with Gasteiger partial charge in [-0.15, -0.1) is 0 Å². The van der Waals surface area contributed by atoms with Gasteiger partial charge in [0.1, 0.15) is 0 Å². The largest absolute Gasteiger partial charge is 0.372 e. The van der Waals surface area contributed by atoms with Crippen molar-refractivity contribution in [3.05, 3.63) is 0 Å². The van der Waals surface area contributed by atoms with Gasteiger partial charge in [-0.3, -0.25) is 0 Å². The third kappa shape index (κ3) is 2.94. The summed E-state index contributed by atoms with van der Waals surface area (Å²) in [5.41, 5.74) is 0.657. The Bertz CT molecular complexity index is 213. The molecule has 2 heteroatoms. The van der Waals surface area contributed by atoms with Crippen molar-refractivity contribution >= 4 is 0 Å². The number of piperidine rings is 1. The first-order chi connectivity index (χ1) is 6.99. The van der Waals surface area contributed by atoms with E-state index in [0.29, 0.717) is 11.5 Å². The van der Waals surface area contributed by atoms with Gasteiger partial charge in [-0.2, -0.15) is 0 Å². The summed E-state index contributed by atoms with van der Waals surface area (Å²) in [6, 6.07) is 0. The van der Waals surface area contributed by atoms with Gasteiger partial charge in [0.05, 0.1) is 11.7 Å². The third-order valence-corrected chi connectivity index (χ3v) is 3.69. The number of hydrogen-bond donors (Lipinski definition) is 1. The Labute approximate surface area is 93.8 Å². The van der Waals surface area contributed by atoms with Gasteiger partial charge < -0.3 is 10.1 Å². The van der Waals surface area contributed by atoms with Crippen molar-refractivity contribution in [1.82, 2.24) is 5.32 Å². The van der Waals surface area contributed by atoms with E-state index in [2.05, 4.69) is 26.1 Å². The molecular formula is C13H25NO. The highest BCUT2D eigenvalue weighted by Crippen LogP contribution is 2.40. The first-order valence-corrected chi connectivity index (χ1v) is 6.38. The fourth-order valence-corrected chi connectivity index (χ4v) is 2.97. The van der Waals surface area contributed by atoms with Crippen LogP contribution in [-0.4, -0.2) is 24.8 Å². The smallest absolute Gasteiger partial charge is 0.0711 e. The first kappa shape index (κ1) is 11.4. The fourth-order valence-electron chi connectivity index (χ4n) is 2.97.